The van der Waals surface area contributed by atoms with Crippen molar-refractivity contribution in [1.29, 1.82) is 0 Å². The maximum atomic E-state index is 11.7. The molecule has 2 aliphatic rings. The highest BCUT2D eigenvalue weighted by Crippen LogP contribution is 2.38. The maximum Gasteiger partial charge on any atom is 0.246 e. The number of rotatable bonds is 7. The van der Waals surface area contributed by atoms with Gasteiger partial charge in [0.1, 0.15) is 5.69 Å². The number of carbonyl (C=O) groups is 1. The standard InChI is InChI=1S/C25H31ClN6O2/c1-17(24(33)27-3)4-9-31-14-20(13-28-31)32-23-11-21(22(26)10-19(23)12-29-32)18-5-7-30(8-6-18)25(2)15-34-16-25/h10-14,18H,1,4-9,15-16H2,2-3H3,(H,27,33). The van der Waals surface area contributed by atoms with Crippen LogP contribution in [0.4, 0.5) is 0 Å². The highest BCUT2D eigenvalue weighted by Gasteiger charge is 2.41. The Bertz CT molecular complexity index is 1220. The van der Waals surface area contributed by atoms with Crippen molar-refractivity contribution in [3.8, 4) is 5.69 Å². The number of ether oxygens (including phenoxy) is 1. The Labute approximate surface area is 204 Å². The first kappa shape index (κ1) is 23.1. The van der Waals surface area contributed by atoms with Crippen molar-refractivity contribution in [3.05, 3.63) is 53.5 Å². The number of likely N-dealkylation sites (N-methyl/N-ethyl adjacent to an activating group) is 1. The Morgan fingerprint density at radius 2 is 2.03 bits per heavy atom. The number of piperidine rings is 1. The summed E-state index contributed by atoms with van der Waals surface area (Å²) in [7, 11) is 1.61. The maximum absolute atomic E-state index is 11.7. The van der Waals surface area contributed by atoms with Gasteiger partial charge in [-0.25, -0.2) is 4.68 Å². The zero-order chi connectivity index (χ0) is 23.9. The second-order valence-electron chi connectivity index (χ2n) is 9.63. The molecule has 0 bridgehead atoms. The Kier molecular flexibility index (Phi) is 6.22. The lowest BCUT2D eigenvalue weighted by Gasteiger charge is -2.50. The average Bonchev–Trinajstić information content (AvgIpc) is 3.46. The highest BCUT2D eigenvalue weighted by molar-refractivity contribution is 6.32. The van der Waals surface area contributed by atoms with Crippen LogP contribution in [0.2, 0.25) is 5.02 Å². The molecule has 5 rings (SSSR count). The van der Waals surface area contributed by atoms with E-state index in [4.69, 9.17) is 16.3 Å². The topological polar surface area (TPSA) is 77.2 Å². The minimum absolute atomic E-state index is 0.143. The molecule has 0 aliphatic carbocycles. The summed E-state index contributed by atoms with van der Waals surface area (Å²) in [4.78, 5) is 14.2. The number of hydrogen-bond acceptors (Lipinski definition) is 5. The van der Waals surface area contributed by atoms with Gasteiger partial charge in [0.2, 0.25) is 5.91 Å². The molecular formula is C25H31ClN6O2. The Morgan fingerprint density at radius 3 is 2.71 bits per heavy atom. The minimum atomic E-state index is -0.143. The summed E-state index contributed by atoms with van der Waals surface area (Å²) in [6, 6.07) is 4.23. The van der Waals surface area contributed by atoms with E-state index < -0.39 is 0 Å². The number of aryl methyl sites for hydroxylation is 1. The van der Waals surface area contributed by atoms with E-state index >= 15 is 0 Å². The van der Waals surface area contributed by atoms with Crippen LogP contribution in [-0.4, -0.2) is 69.3 Å². The van der Waals surface area contributed by atoms with Crippen molar-refractivity contribution < 1.29 is 9.53 Å². The van der Waals surface area contributed by atoms with E-state index in [2.05, 4.69) is 40.0 Å². The van der Waals surface area contributed by atoms with Crippen molar-refractivity contribution in [2.45, 2.75) is 44.2 Å². The zero-order valence-electron chi connectivity index (χ0n) is 19.8. The fraction of sp³-hybridized carbons (Fsp3) is 0.480. The van der Waals surface area contributed by atoms with Crippen molar-refractivity contribution in [1.82, 2.24) is 29.8 Å². The molecule has 8 nitrogen and oxygen atoms in total. The summed E-state index contributed by atoms with van der Waals surface area (Å²) in [5, 5.41) is 13.5. The van der Waals surface area contributed by atoms with Gasteiger partial charge < -0.3 is 10.1 Å². The first-order valence-electron chi connectivity index (χ1n) is 11.8. The molecule has 1 amide bonds. The average molecular weight is 483 g/mol. The van der Waals surface area contributed by atoms with E-state index in [-0.39, 0.29) is 11.4 Å². The molecule has 3 aromatic rings. The van der Waals surface area contributed by atoms with E-state index in [1.807, 2.05) is 27.8 Å². The van der Waals surface area contributed by atoms with Crippen molar-refractivity contribution >= 4 is 28.4 Å². The van der Waals surface area contributed by atoms with E-state index in [9.17, 15) is 4.79 Å². The monoisotopic (exact) mass is 482 g/mol. The summed E-state index contributed by atoms with van der Waals surface area (Å²) in [6.45, 7) is 10.5. The molecule has 0 radical (unpaired) electrons. The van der Waals surface area contributed by atoms with Crippen LogP contribution in [0.15, 0.2) is 42.9 Å². The van der Waals surface area contributed by atoms with E-state index in [1.165, 1.54) is 5.56 Å². The van der Waals surface area contributed by atoms with Crippen LogP contribution >= 0.6 is 11.6 Å². The molecule has 2 aromatic heterocycles. The fourth-order valence-corrected chi connectivity index (χ4v) is 5.34. The lowest BCUT2D eigenvalue weighted by molar-refractivity contribution is -0.136. The van der Waals surface area contributed by atoms with Crippen LogP contribution in [0, 0.1) is 0 Å². The summed E-state index contributed by atoms with van der Waals surface area (Å²) in [5.74, 6) is 0.287. The Hall–Kier alpha value is -2.68. The summed E-state index contributed by atoms with van der Waals surface area (Å²) < 4.78 is 9.18. The molecule has 0 spiro atoms. The molecule has 0 unspecified atom stereocenters. The molecule has 2 aliphatic heterocycles. The van der Waals surface area contributed by atoms with Gasteiger partial charge in [0.15, 0.2) is 0 Å². The summed E-state index contributed by atoms with van der Waals surface area (Å²) >= 11 is 6.74. The lowest BCUT2D eigenvalue weighted by Crippen LogP contribution is -2.61. The van der Waals surface area contributed by atoms with Gasteiger partial charge in [-0.05, 0) is 62.9 Å². The number of halogens is 1. The third kappa shape index (κ3) is 4.26. The minimum Gasteiger partial charge on any atom is -0.377 e. The first-order chi connectivity index (χ1) is 16.4. The molecule has 1 aromatic carbocycles. The smallest absolute Gasteiger partial charge is 0.246 e. The molecule has 0 saturated carbocycles. The van der Waals surface area contributed by atoms with Gasteiger partial charge in [0, 0.05) is 29.6 Å². The van der Waals surface area contributed by atoms with Gasteiger partial charge in [-0.15, -0.1) is 0 Å². The third-order valence-electron chi connectivity index (χ3n) is 7.27. The number of nitrogens with zero attached hydrogens (tertiary/aromatic N) is 5. The van der Waals surface area contributed by atoms with Gasteiger partial charge in [0.05, 0.1) is 42.9 Å². The number of aromatic nitrogens is 4. The first-order valence-corrected chi connectivity index (χ1v) is 12.2. The van der Waals surface area contributed by atoms with Gasteiger partial charge in [-0.1, -0.05) is 18.2 Å². The van der Waals surface area contributed by atoms with Gasteiger partial charge in [0.25, 0.3) is 0 Å². The van der Waals surface area contributed by atoms with Crippen LogP contribution in [0.1, 0.15) is 37.7 Å². The molecule has 34 heavy (non-hydrogen) atoms. The second kappa shape index (κ2) is 9.17. The predicted octanol–water partition coefficient (Wildman–Crippen LogP) is 3.54. The Morgan fingerprint density at radius 1 is 1.26 bits per heavy atom. The second-order valence-corrected chi connectivity index (χ2v) is 10.0. The Balaban J connectivity index is 1.33. The highest BCUT2D eigenvalue weighted by atomic mass is 35.5. The van der Waals surface area contributed by atoms with Gasteiger partial charge >= 0.3 is 0 Å². The van der Waals surface area contributed by atoms with Crippen LogP contribution in [0.5, 0.6) is 0 Å². The lowest BCUT2D eigenvalue weighted by atomic mass is 9.86. The van der Waals surface area contributed by atoms with Crippen LogP contribution in [-0.2, 0) is 16.1 Å². The van der Waals surface area contributed by atoms with Crippen molar-refractivity contribution in [2.75, 3.05) is 33.4 Å². The summed E-state index contributed by atoms with van der Waals surface area (Å²) in [5.41, 5.74) is 3.83. The third-order valence-corrected chi connectivity index (χ3v) is 7.59. The number of likely N-dealkylation sites (tertiary alicyclic amines) is 1. The molecular weight excluding hydrogens is 452 g/mol. The predicted molar refractivity (Wildman–Crippen MR) is 132 cm³/mol. The zero-order valence-corrected chi connectivity index (χ0v) is 20.5. The number of carbonyl (C=O) groups excluding carboxylic acids is 1. The molecule has 0 atom stereocenters. The number of amides is 1. The van der Waals surface area contributed by atoms with Crippen LogP contribution < -0.4 is 5.32 Å². The fourth-order valence-electron chi connectivity index (χ4n) is 5.02. The number of benzene rings is 1. The van der Waals surface area contributed by atoms with Crippen LogP contribution in [0.3, 0.4) is 0 Å². The van der Waals surface area contributed by atoms with E-state index in [0.717, 1.165) is 60.8 Å². The largest absolute Gasteiger partial charge is 0.377 e. The van der Waals surface area contributed by atoms with E-state index in [1.54, 1.807) is 13.2 Å². The molecule has 2 fully saturated rings. The number of hydrogen-bond donors (Lipinski definition) is 1. The molecule has 4 heterocycles. The van der Waals surface area contributed by atoms with E-state index in [0.29, 0.717) is 24.5 Å². The van der Waals surface area contributed by atoms with Gasteiger partial charge in [-0.2, -0.15) is 10.2 Å². The molecule has 180 valence electrons. The quantitative estimate of drug-likeness (QED) is 0.521. The van der Waals surface area contributed by atoms with Gasteiger partial charge in [-0.3, -0.25) is 14.4 Å². The van der Waals surface area contributed by atoms with Crippen LogP contribution in [0.25, 0.3) is 16.6 Å². The number of fused-ring (bicyclic) bond motifs is 1. The van der Waals surface area contributed by atoms with Crippen molar-refractivity contribution in [2.24, 2.45) is 0 Å². The number of nitrogens with one attached hydrogen (secondary N) is 1. The molecule has 1 N–H and O–H groups in total. The van der Waals surface area contributed by atoms with Crippen molar-refractivity contribution in [3.63, 3.8) is 0 Å². The molecule has 2 saturated heterocycles. The normalized spacial score (nSPS) is 18.7. The molecule has 9 heteroatoms. The summed E-state index contributed by atoms with van der Waals surface area (Å²) in [6.07, 6.45) is 8.28. The SMILES string of the molecule is C=C(CCn1cc(-n2ncc3cc(Cl)c(C4CCN(C5(C)COC5)CC4)cc32)cn1)C(=O)NC.